The Balaban J connectivity index is 2.65. The summed E-state index contributed by atoms with van der Waals surface area (Å²) in [5, 5.41) is 3.39. The van der Waals surface area contributed by atoms with Gasteiger partial charge in [-0.05, 0) is 23.5 Å². The second-order valence-electron chi connectivity index (χ2n) is 6.04. The smallest absolute Gasteiger partial charge is 0.0348 e. The molecule has 0 saturated heterocycles. The Bertz CT molecular complexity index is 341. The van der Waals surface area contributed by atoms with Gasteiger partial charge in [0.05, 0.1) is 0 Å². The minimum Gasteiger partial charge on any atom is -0.315 e. The highest BCUT2D eigenvalue weighted by molar-refractivity contribution is 6.18. The second-order valence-corrected chi connectivity index (χ2v) is 6.42. The highest BCUT2D eigenvalue weighted by atomic mass is 35.5. The number of hydrogen-bond acceptors (Lipinski definition) is 1. The molecule has 0 atom stereocenters. The molecule has 0 unspecified atom stereocenters. The SMILES string of the molecule is CC(C)Cc1ccc(C(C)(C)CNCCCl)cc1. The number of hydrogen-bond donors (Lipinski definition) is 1. The Morgan fingerprint density at radius 2 is 1.78 bits per heavy atom. The molecule has 0 radical (unpaired) electrons. The van der Waals surface area contributed by atoms with Crippen LogP contribution in [0.4, 0.5) is 0 Å². The van der Waals surface area contributed by atoms with Gasteiger partial charge >= 0.3 is 0 Å². The maximum absolute atomic E-state index is 5.68. The summed E-state index contributed by atoms with van der Waals surface area (Å²) < 4.78 is 0. The lowest BCUT2D eigenvalue weighted by atomic mass is 9.84. The van der Waals surface area contributed by atoms with E-state index in [9.17, 15) is 0 Å². The van der Waals surface area contributed by atoms with Gasteiger partial charge in [0.1, 0.15) is 0 Å². The molecule has 1 N–H and O–H groups in total. The third-order valence-corrected chi connectivity index (χ3v) is 3.41. The molecule has 1 nitrogen and oxygen atoms in total. The predicted octanol–water partition coefficient (Wildman–Crippen LogP) is 3.99. The summed E-state index contributed by atoms with van der Waals surface area (Å²) in [5.41, 5.74) is 2.97. The third kappa shape index (κ3) is 4.99. The van der Waals surface area contributed by atoms with Crippen molar-refractivity contribution in [1.82, 2.24) is 5.32 Å². The molecule has 1 aromatic carbocycles. The van der Waals surface area contributed by atoms with Gasteiger partial charge < -0.3 is 5.32 Å². The van der Waals surface area contributed by atoms with Crippen molar-refractivity contribution in [2.45, 2.75) is 39.5 Å². The van der Waals surface area contributed by atoms with E-state index in [2.05, 4.69) is 57.3 Å². The Labute approximate surface area is 117 Å². The first-order chi connectivity index (χ1) is 8.45. The van der Waals surface area contributed by atoms with E-state index in [0.717, 1.165) is 19.5 Å². The zero-order valence-corrected chi connectivity index (χ0v) is 12.8. The van der Waals surface area contributed by atoms with E-state index in [1.165, 1.54) is 11.1 Å². The normalized spacial score (nSPS) is 12.1. The average Bonchev–Trinajstić information content (AvgIpc) is 2.29. The molecule has 0 aliphatic carbocycles. The summed E-state index contributed by atoms with van der Waals surface area (Å²) in [7, 11) is 0. The van der Waals surface area contributed by atoms with E-state index in [-0.39, 0.29) is 5.41 Å². The van der Waals surface area contributed by atoms with Crippen LogP contribution in [0.5, 0.6) is 0 Å². The highest BCUT2D eigenvalue weighted by Gasteiger charge is 2.19. The van der Waals surface area contributed by atoms with Crippen LogP contribution in [0.2, 0.25) is 0 Å². The van der Waals surface area contributed by atoms with Gasteiger partial charge in [0.2, 0.25) is 0 Å². The number of nitrogens with one attached hydrogen (secondary N) is 1. The van der Waals surface area contributed by atoms with Crippen molar-refractivity contribution in [3.05, 3.63) is 35.4 Å². The number of alkyl halides is 1. The Morgan fingerprint density at radius 3 is 2.28 bits per heavy atom. The maximum Gasteiger partial charge on any atom is 0.0348 e. The van der Waals surface area contributed by atoms with E-state index in [1.54, 1.807) is 0 Å². The topological polar surface area (TPSA) is 12.0 Å². The van der Waals surface area contributed by atoms with Crippen molar-refractivity contribution in [2.24, 2.45) is 5.92 Å². The van der Waals surface area contributed by atoms with Gasteiger partial charge in [-0.15, -0.1) is 11.6 Å². The molecule has 102 valence electrons. The van der Waals surface area contributed by atoms with Crippen LogP contribution in [0.15, 0.2) is 24.3 Å². The largest absolute Gasteiger partial charge is 0.315 e. The summed E-state index contributed by atoms with van der Waals surface area (Å²) in [4.78, 5) is 0. The van der Waals surface area contributed by atoms with Crippen LogP contribution in [0, 0.1) is 5.92 Å². The fraction of sp³-hybridized carbons (Fsp3) is 0.625. The van der Waals surface area contributed by atoms with Gasteiger partial charge in [-0.1, -0.05) is 52.0 Å². The van der Waals surface area contributed by atoms with Gasteiger partial charge in [-0.3, -0.25) is 0 Å². The molecule has 0 aliphatic heterocycles. The molecule has 0 amide bonds. The molecule has 0 fully saturated rings. The van der Waals surface area contributed by atoms with Crippen LogP contribution in [0.25, 0.3) is 0 Å². The van der Waals surface area contributed by atoms with Crippen molar-refractivity contribution in [1.29, 1.82) is 0 Å². The molecule has 0 spiro atoms. The van der Waals surface area contributed by atoms with Gasteiger partial charge in [-0.25, -0.2) is 0 Å². The first kappa shape index (κ1) is 15.5. The summed E-state index contributed by atoms with van der Waals surface area (Å²) in [5.74, 6) is 1.39. The Kier molecular flexibility index (Phi) is 6.17. The molecular formula is C16H26ClN. The first-order valence-electron chi connectivity index (χ1n) is 6.82. The van der Waals surface area contributed by atoms with E-state index >= 15 is 0 Å². The van der Waals surface area contributed by atoms with Gasteiger partial charge in [0.15, 0.2) is 0 Å². The van der Waals surface area contributed by atoms with E-state index < -0.39 is 0 Å². The second kappa shape index (κ2) is 7.16. The lowest BCUT2D eigenvalue weighted by Gasteiger charge is -2.26. The van der Waals surface area contributed by atoms with Crippen LogP contribution in [0.3, 0.4) is 0 Å². The molecule has 2 heteroatoms. The number of rotatable bonds is 7. The van der Waals surface area contributed by atoms with Gasteiger partial charge in [0, 0.05) is 24.4 Å². The highest BCUT2D eigenvalue weighted by Crippen LogP contribution is 2.23. The van der Waals surface area contributed by atoms with Crippen LogP contribution in [-0.4, -0.2) is 19.0 Å². The molecule has 0 bridgehead atoms. The number of benzene rings is 1. The van der Waals surface area contributed by atoms with E-state index in [0.29, 0.717) is 11.8 Å². The summed E-state index contributed by atoms with van der Waals surface area (Å²) in [6.07, 6.45) is 1.16. The monoisotopic (exact) mass is 267 g/mol. The molecule has 1 aromatic rings. The van der Waals surface area contributed by atoms with Crippen molar-refractivity contribution in [3.63, 3.8) is 0 Å². The van der Waals surface area contributed by atoms with Crippen molar-refractivity contribution in [3.8, 4) is 0 Å². The number of halogens is 1. The van der Waals surface area contributed by atoms with Crippen molar-refractivity contribution < 1.29 is 0 Å². The zero-order chi connectivity index (χ0) is 13.6. The van der Waals surface area contributed by atoms with E-state index in [1.807, 2.05) is 0 Å². The molecule has 0 aliphatic rings. The van der Waals surface area contributed by atoms with Crippen molar-refractivity contribution in [2.75, 3.05) is 19.0 Å². The van der Waals surface area contributed by atoms with Crippen LogP contribution < -0.4 is 5.32 Å². The minimum atomic E-state index is 0.155. The standard InChI is InChI=1S/C16H26ClN/c1-13(2)11-14-5-7-15(8-6-14)16(3,4)12-18-10-9-17/h5-8,13,18H,9-12H2,1-4H3. The summed E-state index contributed by atoms with van der Waals surface area (Å²) >= 11 is 5.68. The zero-order valence-electron chi connectivity index (χ0n) is 12.1. The fourth-order valence-corrected chi connectivity index (χ4v) is 2.27. The van der Waals surface area contributed by atoms with Gasteiger partial charge in [-0.2, -0.15) is 0 Å². The average molecular weight is 268 g/mol. The summed E-state index contributed by atoms with van der Waals surface area (Å²) in [6.45, 7) is 10.9. The molecule has 18 heavy (non-hydrogen) atoms. The van der Waals surface area contributed by atoms with Crippen molar-refractivity contribution >= 4 is 11.6 Å². The lowest BCUT2D eigenvalue weighted by Crippen LogP contribution is -2.33. The third-order valence-electron chi connectivity index (χ3n) is 3.22. The molecule has 0 saturated carbocycles. The molecule has 0 aromatic heterocycles. The van der Waals surface area contributed by atoms with Gasteiger partial charge in [0.25, 0.3) is 0 Å². The Hall–Kier alpha value is -0.530. The fourth-order valence-electron chi connectivity index (χ4n) is 2.13. The predicted molar refractivity (Wildman–Crippen MR) is 81.6 cm³/mol. The molecule has 1 rings (SSSR count). The van der Waals surface area contributed by atoms with Crippen LogP contribution in [0.1, 0.15) is 38.8 Å². The van der Waals surface area contributed by atoms with E-state index in [4.69, 9.17) is 11.6 Å². The lowest BCUT2D eigenvalue weighted by molar-refractivity contribution is 0.478. The maximum atomic E-state index is 5.68. The summed E-state index contributed by atoms with van der Waals surface area (Å²) in [6, 6.07) is 9.05. The molecule has 0 heterocycles. The molecular weight excluding hydrogens is 242 g/mol. The van der Waals surface area contributed by atoms with Crippen LogP contribution >= 0.6 is 11.6 Å². The minimum absolute atomic E-state index is 0.155. The first-order valence-corrected chi connectivity index (χ1v) is 7.35. The van der Waals surface area contributed by atoms with Crippen LogP contribution in [-0.2, 0) is 11.8 Å². The Morgan fingerprint density at radius 1 is 1.17 bits per heavy atom. The quantitative estimate of drug-likeness (QED) is 0.582.